The van der Waals surface area contributed by atoms with E-state index in [1.807, 2.05) is 0 Å². The summed E-state index contributed by atoms with van der Waals surface area (Å²) in [6.07, 6.45) is 3.62. The highest BCUT2D eigenvalue weighted by Gasteiger charge is 2.33. The van der Waals surface area contributed by atoms with Crippen molar-refractivity contribution in [1.29, 1.82) is 0 Å². The molecule has 1 aromatic carbocycles. The normalized spacial score (nSPS) is 22.7. The first-order chi connectivity index (χ1) is 9.99. The average molecular weight is 306 g/mol. The molecule has 0 radical (unpaired) electrons. The summed E-state index contributed by atoms with van der Waals surface area (Å²) in [6, 6.07) is 0.438. The predicted molar refractivity (Wildman–Crippen MR) is 67.6 cm³/mol. The minimum atomic E-state index is -2.11. The lowest BCUT2D eigenvalue weighted by atomic mass is 10.0. The largest absolute Gasteiger partial charge is 0.365 e. The fraction of sp³-hybridized carbons (Fsp3) is 0.571. The number of anilines is 1. The van der Waals surface area contributed by atoms with Gasteiger partial charge in [-0.15, -0.1) is 0 Å². The summed E-state index contributed by atoms with van der Waals surface area (Å²) in [5, 5.41) is 3.32. The highest BCUT2D eigenvalue weighted by Crippen LogP contribution is 2.32. The molecule has 1 aliphatic heterocycles. The highest BCUT2D eigenvalue weighted by atomic mass is 19.2. The van der Waals surface area contributed by atoms with Crippen molar-refractivity contribution in [3.63, 3.8) is 0 Å². The number of nitrogens with one attached hydrogen (secondary N) is 1. The van der Waals surface area contributed by atoms with Gasteiger partial charge >= 0.3 is 0 Å². The molecule has 21 heavy (non-hydrogen) atoms. The smallest absolute Gasteiger partial charge is 0.200 e. The molecule has 2 fully saturated rings. The van der Waals surface area contributed by atoms with Gasteiger partial charge in [0, 0.05) is 25.2 Å². The molecule has 0 aromatic heterocycles. The molecule has 0 amide bonds. The summed E-state index contributed by atoms with van der Waals surface area (Å²) in [4.78, 5) is 1.25. The Bertz CT molecular complexity index is 530. The maximum absolute atomic E-state index is 13.8. The third kappa shape index (κ3) is 2.71. The average Bonchev–Trinajstić information content (AvgIpc) is 3.28. The van der Waals surface area contributed by atoms with Crippen molar-refractivity contribution in [2.45, 2.75) is 37.8 Å². The summed E-state index contributed by atoms with van der Waals surface area (Å²) >= 11 is 0. The van der Waals surface area contributed by atoms with Gasteiger partial charge in [0.2, 0.25) is 5.82 Å². The van der Waals surface area contributed by atoms with Gasteiger partial charge < -0.3 is 10.2 Å². The van der Waals surface area contributed by atoms with E-state index in [2.05, 4.69) is 5.32 Å². The van der Waals surface area contributed by atoms with Crippen LogP contribution in [0.25, 0.3) is 0 Å². The molecule has 2 aliphatic rings. The first kappa shape index (κ1) is 14.6. The van der Waals surface area contributed by atoms with E-state index in [9.17, 15) is 22.0 Å². The number of nitrogens with zero attached hydrogens (tertiary/aromatic N) is 1. The van der Waals surface area contributed by atoms with Gasteiger partial charge in [0.15, 0.2) is 23.3 Å². The van der Waals surface area contributed by atoms with Gasteiger partial charge in [0.1, 0.15) is 5.69 Å². The van der Waals surface area contributed by atoms with Crippen LogP contribution in [0.1, 0.15) is 25.7 Å². The van der Waals surface area contributed by atoms with Crippen LogP contribution in [0.3, 0.4) is 0 Å². The topological polar surface area (TPSA) is 15.3 Å². The lowest BCUT2D eigenvalue weighted by molar-refractivity contribution is 0.368. The highest BCUT2D eigenvalue weighted by molar-refractivity contribution is 5.51. The standard InChI is InChI=1S/C14H15F5N2/c15-9-10(16)12(18)14(13(19)11(9)17)21-5-1-2-8(6-21)20-7-3-4-7/h7-8,20H,1-6H2. The SMILES string of the molecule is Fc1c(F)c(F)c(N2CCCC(NC3CC3)C2)c(F)c1F. The molecule has 1 aliphatic carbocycles. The Balaban J connectivity index is 1.88. The molecule has 116 valence electrons. The maximum Gasteiger partial charge on any atom is 0.200 e. The molecular formula is C14H15F5N2. The molecule has 1 aromatic rings. The van der Waals surface area contributed by atoms with Crippen LogP contribution in [0.15, 0.2) is 0 Å². The molecule has 7 heteroatoms. The quantitative estimate of drug-likeness (QED) is 0.524. The fourth-order valence-electron chi connectivity index (χ4n) is 2.77. The number of halogens is 5. The molecular weight excluding hydrogens is 291 g/mol. The van der Waals surface area contributed by atoms with E-state index < -0.39 is 34.8 Å². The number of rotatable bonds is 3. The van der Waals surface area contributed by atoms with Gasteiger partial charge in [-0.2, -0.15) is 0 Å². The number of hydrogen-bond acceptors (Lipinski definition) is 2. The van der Waals surface area contributed by atoms with Crippen molar-refractivity contribution in [2.75, 3.05) is 18.0 Å². The van der Waals surface area contributed by atoms with Crippen molar-refractivity contribution in [3.05, 3.63) is 29.1 Å². The van der Waals surface area contributed by atoms with E-state index >= 15 is 0 Å². The molecule has 0 spiro atoms. The van der Waals surface area contributed by atoms with Gasteiger partial charge in [-0.25, -0.2) is 22.0 Å². The van der Waals surface area contributed by atoms with Gasteiger partial charge in [0.05, 0.1) is 0 Å². The van der Waals surface area contributed by atoms with Gasteiger partial charge in [-0.1, -0.05) is 0 Å². The molecule has 1 saturated heterocycles. The van der Waals surface area contributed by atoms with Crippen LogP contribution >= 0.6 is 0 Å². The molecule has 1 atom stereocenters. The molecule has 3 rings (SSSR count). The van der Waals surface area contributed by atoms with Crippen molar-refractivity contribution in [1.82, 2.24) is 5.32 Å². The van der Waals surface area contributed by atoms with Gasteiger partial charge in [0.25, 0.3) is 0 Å². The molecule has 1 unspecified atom stereocenters. The first-order valence-corrected chi connectivity index (χ1v) is 7.01. The van der Waals surface area contributed by atoms with Crippen LogP contribution in [0.4, 0.5) is 27.6 Å². The minimum Gasteiger partial charge on any atom is -0.365 e. The van der Waals surface area contributed by atoms with Crippen LogP contribution in [0.2, 0.25) is 0 Å². The lowest BCUT2D eigenvalue weighted by Crippen LogP contribution is -2.47. The Morgan fingerprint density at radius 3 is 1.90 bits per heavy atom. The molecule has 2 nitrogen and oxygen atoms in total. The lowest BCUT2D eigenvalue weighted by Gasteiger charge is -2.35. The monoisotopic (exact) mass is 306 g/mol. The van der Waals surface area contributed by atoms with Crippen LogP contribution < -0.4 is 10.2 Å². The third-order valence-electron chi connectivity index (χ3n) is 3.97. The number of hydrogen-bond donors (Lipinski definition) is 1. The van der Waals surface area contributed by atoms with Crippen molar-refractivity contribution in [2.24, 2.45) is 0 Å². The van der Waals surface area contributed by atoms with Gasteiger partial charge in [-0.3, -0.25) is 0 Å². The van der Waals surface area contributed by atoms with Crippen molar-refractivity contribution in [3.8, 4) is 0 Å². The van der Waals surface area contributed by atoms with Crippen LogP contribution in [0, 0.1) is 29.1 Å². The summed E-state index contributed by atoms with van der Waals surface area (Å²) in [5.41, 5.74) is -0.811. The van der Waals surface area contributed by atoms with E-state index in [0.29, 0.717) is 12.5 Å². The van der Waals surface area contributed by atoms with E-state index in [4.69, 9.17) is 0 Å². The van der Waals surface area contributed by atoms with Crippen molar-refractivity contribution < 1.29 is 22.0 Å². The van der Waals surface area contributed by atoms with Crippen LogP contribution in [-0.4, -0.2) is 25.2 Å². The summed E-state index contributed by atoms with van der Waals surface area (Å²) < 4.78 is 67.2. The van der Waals surface area contributed by atoms with Gasteiger partial charge in [-0.05, 0) is 25.7 Å². The maximum atomic E-state index is 13.8. The van der Waals surface area contributed by atoms with E-state index in [-0.39, 0.29) is 19.1 Å². The zero-order valence-corrected chi connectivity index (χ0v) is 11.2. The first-order valence-electron chi connectivity index (χ1n) is 7.01. The van der Waals surface area contributed by atoms with E-state index in [1.165, 1.54) is 4.90 Å². The molecule has 1 saturated carbocycles. The molecule has 1 heterocycles. The Hall–Kier alpha value is -1.37. The molecule has 1 N–H and O–H groups in total. The number of benzene rings is 1. The second-order valence-corrected chi connectivity index (χ2v) is 5.64. The Kier molecular flexibility index (Phi) is 3.77. The Morgan fingerprint density at radius 2 is 1.33 bits per heavy atom. The van der Waals surface area contributed by atoms with E-state index in [0.717, 1.165) is 19.3 Å². The summed E-state index contributed by atoms with van der Waals surface area (Å²) in [6.45, 7) is 0.524. The number of piperidine rings is 1. The summed E-state index contributed by atoms with van der Waals surface area (Å²) in [7, 11) is 0. The summed E-state index contributed by atoms with van der Waals surface area (Å²) in [5.74, 6) is -9.39. The third-order valence-corrected chi connectivity index (χ3v) is 3.97. The fourth-order valence-corrected chi connectivity index (χ4v) is 2.77. The van der Waals surface area contributed by atoms with Crippen molar-refractivity contribution >= 4 is 5.69 Å². The predicted octanol–water partition coefficient (Wildman–Crippen LogP) is 3.10. The van der Waals surface area contributed by atoms with Crippen LogP contribution in [-0.2, 0) is 0 Å². The van der Waals surface area contributed by atoms with E-state index in [1.54, 1.807) is 0 Å². The minimum absolute atomic E-state index is 0.0150. The zero-order valence-electron chi connectivity index (χ0n) is 11.2. The van der Waals surface area contributed by atoms with Crippen LogP contribution in [0.5, 0.6) is 0 Å². The second-order valence-electron chi connectivity index (χ2n) is 5.64. The second kappa shape index (κ2) is 5.44. The Labute approximate surface area is 118 Å². The zero-order chi connectivity index (χ0) is 15.1. The Morgan fingerprint density at radius 1 is 0.762 bits per heavy atom. The molecule has 0 bridgehead atoms.